The van der Waals surface area contributed by atoms with E-state index in [0.717, 1.165) is 28.3 Å². The van der Waals surface area contributed by atoms with Crippen LogP contribution in [0.5, 0.6) is 28.7 Å². The molecule has 2 heterocycles. The van der Waals surface area contributed by atoms with Crippen LogP contribution in [0.15, 0.2) is 35.3 Å². The number of benzene rings is 2. The molecule has 2 aliphatic rings. The first-order valence-corrected chi connectivity index (χ1v) is 7.52. The molecule has 1 atom stereocenters. The van der Waals surface area contributed by atoms with Crippen LogP contribution in [0.3, 0.4) is 0 Å². The van der Waals surface area contributed by atoms with Gasteiger partial charge in [-0.05, 0) is 29.8 Å². The van der Waals surface area contributed by atoms with E-state index in [2.05, 4.69) is 4.99 Å². The number of aliphatic imine (C=N–C) groups is 1. The van der Waals surface area contributed by atoms with Gasteiger partial charge in [-0.3, -0.25) is 4.99 Å². The van der Waals surface area contributed by atoms with Gasteiger partial charge < -0.3 is 23.7 Å². The number of hydrogen-bond donors (Lipinski definition) is 0. The van der Waals surface area contributed by atoms with E-state index in [-0.39, 0.29) is 12.8 Å². The smallest absolute Gasteiger partial charge is 0.231 e. The molecule has 2 aromatic carbocycles. The van der Waals surface area contributed by atoms with Crippen molar-refractivity contribution in [2.24, 2.45) is 4.99 Å². The van der Waals surface area contributed by atoms with Gasteiger partial charge in [0.15, 0.2) is 23.0 Å². The lowest BCUT2D eigenvalue weighted by Crippen LogP contribution is -1.99. The first-order chi connectivity index (χ1) is 11.7. The maximum absolute atomic E-state index is 5.43. The summed E-state index contributed by atoms with van der Waals surface area (Å²) >= 11 is 0. The average Bonchev–Trinajstić information content (AvgIpc) is 3.29. The van der Waals surface area contributed by atoms with E-state index in [1.165, 1.54) is 0 Å². The molecule has 0 saturated carbocycles. The molecule has 6 nitrogen and oxygen atoms in total. The minimum atomic E-state index is 0.0160. The highest BCUT2D eigenvalue weighted by Gasteiger charge is 2.33. The van der Waals surface area contributed by atoms with Crippen molar-refractivity contribution in [2.45, 2.75) is 6.04 Å². The molecular weight excluding hydrogens is 310 g/mol. The Bertz CT molecular complexity index is 805. The third-order valence-corrected chi connectivity index (χ3v) is 4.13. The second-order valence-electron chi connectivity index (χ2n) is 5.44. The second kappa shape index (κ2) is 5.63. The zero-order valence-corrected chi connectivity index (χ0v) is 13.7. The van der Waals surface area contributed by atoms with Crippen molar-refractivity contribution in [1.29, 1.82) is 0 Å². The maximum atomic E-state index is 5.43. The quantitative estimate of drug-likeness (QED) is 0.845. The van der Waals surface area contributed by atoms with Gasteiger partial charge in [-0.1, -0.05) is 6.07 Å². The summed E-state index contributed by atoms with van der Waals surface area (Å²) in [6.45, 7) is 0.268. The Hall–Kier alpha value is -2.89. The van der Waals surface area contributed by atoms with E-state index in [1.54, 1.807) is 21.3 Å². The minimum Gasteiger partial charge on any atom is -0.493 e. The first kappa shape index (κ1) is 14.7. The molecule has 0 spiro atoms. The molecule has 24 heavy (non-hydrogen) atoms. The van der Waals surface area contributed by atoms with Crippen molar-refractivity contribution in [3.8, 4) is 28.7 Å². The Balaban J connectivity index is 1.63. The van der Waals surface area contributed by atoms with Crippen LogP contribution in [-0.4, -0.2) is 33.8 Å². The molecule has 0 radical (unpaired) electrons. The Kier molecular flexibility index (Phi) is 3.45. The minimum absolute atomic E-state index is 0.0160. The van der Waals surface area contributed by atoms with E-state index in [9.17, 15) is 0 Å². The molecule has 0 aromatic heterocycles. The van der Waals surface area contributed by atoms with Crippen LogP contribution in [0.2, 0.25) is 0 Å². The van der Waals surface area contributed by atoms with E-state index >= 15 is 0 Å². The van der Waals surface area contributed by atoms with Crippen LogP contribution in [0, 0.1) is 0 Å². The molecule has 6 heteroatoms. The normalized spacial score (nSPS) is 17.3. The second-order valence-corrected chi connectivity index (χ2v) is 5.44. The topological polar surface area (TPSA) is 58.5 Å². The van der Waals surface area contributed by atoms with Crippen molar-refractivity contribution >= 4 is 5.71 Å². The molecule has 0 amide bonds. The van der Waals surface area contributed by atoms with Gasteiger partial charge in [0.25, 0.3) is 0 Å². The SMILES string of the molecule is COc1cc(C2=NC2c2ccc3c(c2)OCO3)cc(OC)c1OC. The van der Waals surface area contributed by atoms with E-state index < -0.39 is 0 Å². The summed E-state index contributed by atoms with van der Waals surface area (Å²) in [6, 6.07) is 9.73. The third-order valence-electron chi connectivity index (χ3n) is 4.13. The Morgan fingerprint density at radius 2 is 1.62 bits per heavy atom. The molecule has 2 aliphatic heterocycles. The summed E-state index contributed by atoms with van der Waals surface area (Å²) < 4.78 is 26.9. The first-order valence-electron chi connectivity index (χ1n) is 7.52. The lowest BCUT2D eigenvalue weighted by Gasteiger charge is -2.13. The van der Waals surface area contributed by atoms with Crippen LogP contribution in [-0.2, 0) is 0 Å². The van der Waals surface area contributed by atoms with Crippen molar-refractivity contribution < 1.29 is 23.7 Å². The van der Waals surface area contributed by atoms with E-state index in [1.807, 2.05) is 30.3 Å². The fraction of sp³-hybridized carbons (Fsp3) is 0.278. The number of methoxy groups -OCH3 is 3. The summed E-state index contributed by atoms with van der Waals surface area (Å²) in [5.74, 6) is 3.34. The summed E-state index contributed by atoms with van der Waals surface area (Å²) in [4.78, 5) is 4.60. The van der Waals surface area contributed by atoms with Gasteiger partial charge in [0, 0.05) is 5.56 Å². The maximum Gasteiger partial charge on any atom is 0.231 e. The number of hydrogen-bond acceptors (Lipinski definition) is 6. The molecule has 1 unspecified atom stereocenters. The Morgan fingerprint density at radius 1 is 0.917 bits per heavy atom. The summed E-state index contributed by atoms with van der Waals surface area (Å²) in [6.07, 6.45) is 0. The summed E-state index contributed by atoms with van der Waals surface area (Å²) in [7, 11) is 4.79. The van der Waals surface area contributed by atoms with Gasteiger partial charge in [-0.25, -0.2) is 0 Å². The highest BCUT2D eigenvalue weighted by molar-refractivity contribution is 6.14. The van der Waals surface area contributed by atoms with E-state index in [0.29, 0.717) is 17.2 Å². The standard InChI is InChI=1S/C18H17NO5/c1-20-14-7-11(8-15(21-2)18(14)22-3)17-16(19-17)10-4-5-12-13(6-10)24-9-23-12/h4-8,16H,9H2,1-3H3. The Labute approximate surface area is 139 Å². The third kappa shape index (κ3) is 2.31. The van der Waals surface area contributed by atoms with Crippen molar-refractivity contribution in [3.63, 3.8) is 0 Å². The highest BCUT2D eigenvalue weighted by atomic mass is 16.7. The molecule has 124 valence electrons. The predicted octanol–water partition coefficient (Wildman–Crippen LogP) is 2.99. The molecule has 2 aromatic rings. The number of ether oxygens (including phenoxy) is 5. The van der Waals surface area contributed by atoms with Gasteiger partial charge in [0.05, 0.1) is 27.0 Å². The van der Waals surface area contributed by atoms with Crippen LogP contribution in [0.25, 0.3) is 0 Å². The lowest BCUT2D eigenvalue weighted by molar-refractivity contribution is 0.174. The number of fused-ring (bicyclic) bond motifs is 1. The highest BCUT2D eigenvalue weighted by Crippen LogP contribution is 2.44. The van der Waals surface area contributed by atoms with Crippen molar-refractivity contribution in [1.82, 2.24) is 0 Å². The molecular formula is C18H17NO5. The van der Waals surface area contributed by atoms with Crippen LogP contribution >= 0.6 is 0 Å². The summed E-state index contributed by atoms with van der Waals surface area (Å²) in [5.41, 5.74) is 3.00. The van der Waals surface area contributed by atoms with E-state index in [4.69, 9.17) is 23.7 Å². The van der Waals surface area contributed by atoms with Crippen LogP contribution < -0.4 is 23.7 Å². The molecule has 0 bridgehead atoms. The average molecular weight is 327 g/mol. The fourth-order valence-electron chi connectivity index (χ4n) is 2.88. The van der Waals surface area contributed by atoms with Crippen LogP contribution in [0.1, 0.15) is 17.2 Å². The van der Waals surface area contributed by atoms with Crippen molar-refractivity contribution in [3.05, 3.63) is 41.5 Å². The van der Waals surface area contributed by atoms with Gasteiger partial charge in [-0.2, -0.15) is 0 Å². The molecule has 0 aliphatic carbocycles. The molecule has 0 fully saturated rings. The molecule has 4 rings (SSSR count). The fourth-order valence-corrected chi connectivity index (χ4v) is 2.88. The monoisotopic (exact) mass is 327 g/mol. The number of rotatable bonds is 5. The Morgan fingerprint density at radius 3 is 2.29 bits per heavy atom. The molecule has 0 saturated heterocycles. The lowest BCUT2D eigenvalue weighted by atomic mass is 10.0. The summed E-state index contributed by atoms with van der Waals surface area (Å²) in [5, 5.41) is 0. The van der Waals surface area contributed by atoms with Gasteiger partial charge in [0.1, 0.15) is 6.04 Å². The zero-order chi connectivity index (χ0) is 16.7. The van der Waals surface area contributed by atoms with Crippen LogP contribution in [0.4, 0.5) is 0 Å². The van der Waals surface area contributed by atoms with Gasteiger partial charge in [0.2, 0.25) is 12.5 Å². The zero-order valence-electron chi connectivity index (χ0n) is 13.7. The van der Waals surface area contributed by atoms with Gasteiger partial charge in [-0.15, -0.1) is 0 Å². The molecule has 0 N–H and O–H groups in total. The van der Waals surface area contributed by atoms with Gasteiger partial charge >= 0.3 is 0 Å². The largest absolute Gasteiger partial charge is 0.493 e. The van der Waals surface area contributed by atoms with Crippen molar-refractivity contribution in [2.75, 3.05) is 28.1 Å². The predicted molar refractivity (Wildman–Crippen MR) is 87.9 cm³/mol. The number of nitrogens with zero attached hydrogens (tertiary/aromatic N) is 1.